The predicted molar refractivity (Wildman–Crippen MR) is 65.5 cm³/mol. The summed E-state index contributed by atoms with van der Waals surface area (Å²) in [5.41, 5.74) is 1.12. The topological polar surface area (TPSA) is 35.0 Å². The Morgan fingerprint density at radius 2 is 1.80 bits per heavy atom. The van der Waals surface area contributed by atoms with Crippen LogP contribution in [-0.4, -0.2) is 10.2 Å². The van der Waals surface area contributed by atoms with Crippen LogP contribution in [0.2, 0.25) is 0 Å². The molecule has 1 aromatic carbocycles. The molecule has 1 heterocycles. The zero-order chi connectivity index (χ0) is 10.5. The standard InChI is InChI=1S/C11H9IN2O/c12-10-6-7-11(14-13-10)15-8-9-4-2-1-3-5-9/h1-7H,8H2. The fraction of sp³-hybridized carbons (Fsp3) is 0.0909. The first-order chi connectivity index (χ1) is 7.34. The minimum absolute atomic E-state index is 0.524. The Kier molecular flexibility index (Phi) is 3.49. The van der Waals surface area contributed by atoms with E-state index in [2.05, 4.69) is 32.8 Å². The zero-order valence-electron chi connectivity index (χ0n) is 7.93. The van der Waals surface area contributed by atoms with E-state index < -0.39 is 0 Å². The maximum atomic E-state index is 5.47. The second kappa shape index (κ2) is 5.06. The van der Waals surface area contributed by atoms with Gasteiger partial charge < -0.3 is 4.74 Å². The normalized spacial score (nSPS) is 9.93. The summed E-state index contributed by atoms with van der Waals surface area (Å²) >= 11 is 2.11. The van der Waals surface area contributed by atoms with Crippen LogP contribution in [0.3, 0.4) is 0 Å². The van der Waals surface area contributed by atoms with Gasteiger partial charge in [0.05, 0.1) is 0 Å². The molecule has 0 unspecified atom stereocenters. The number of halogens is 1. The van der Waals surface area contributed by atoms with Gasteiger partial charge >= 0.3 is 0 Å². The molecule has 0 fully saturated rings. The molecular weight excluding hydrogens is 303 g/mol. The quantitative estimate of drug-likeness (QED) is 0.817. The largest absolute Gasteiger partial charge is 0.472 e. The molecule has 0 saturated carbocycles. The van der Waals surface area contributed by atoms with Gasteiger partial charge in [-0.25, -0.2) is 0 Å². The van der Waals surface area contributed by atoms with Crippen molar-refractivity contribution >= 4 is 22.6 Å². The van der Waals surface area contributed by atoms with E-state index in [-0.39, 0.29) is 0 Å². The molecule has 1 aromatic heterocycles. The van der Waals surface area contributed by atoms with Crippen LogP contribution >= 0.6 is 22.6 Å². The number of hydrogen-bond donors (Lipinski definition) is 0. The van der Waals surface area contributed by atoms with Gasteiger partial charge in [-0.15, -0.1) is 10.2 Å². The molecule has 4 heteroatoms. The van der Waals surface area contributed by atoms with E-state index in [4.69, 9.17) is 4.74 Å². The van der Waals surface area contributed by atoms with E-state index in [0.717, 1.165) is 9.26 Å². The maximum absolute atomic E-state index is 5.47. The lowest BCUT2D eigenvalue weighted by Crippen LogP contribution is -1.98. The van der Waals surface area contributed by atoms with Crippen molar-refractivity contribution < 1.29 is 4.74 Å². The van der Waals surface area contributed by atoms with Gasteiger partial charge in [-0.1, -0.05) is 30.3 Å². The van der Waals surface area contributed by atoms with Gasteiger partial charge in [0.25, 0.3) is 0 Å². The fourth-order valence-corrected chi connectivity index (χ4v) is 1.40. The van der Waals surface area contributed by atoms with Gasteiger partial charge in [0, 0.05) is 6.07 Å². The van der Waals surface area contributed by atoms with Crippen molar-refractivity contribution in [2.45, 2.75) is 6.61 Å². The van der Waals surface area contributed by atoms with Crippen molar-refractivity contribution in [1.82, 2.24) is 10.2 Å². The van der Waals surface area contributed by atoms with E-state index in [1.54, 1.807) is 0 Å². The molecule has 0 aliphatic carbocycles. The van der Waals surface area contributed by atoms with Crippen molar-refractivity contribution in [1.29, 1.82) is 0 Å². The highest BCUT2D eigenvalue weighted by atomic mass is 127. The van der Waals surface area contributed by atoms with E-state index in [1.807, 2.05) is 42.5 Å². The molecule has 15 heavy (non-hydrogen) atoms. The lowest BCUT2D eigenvalue weighted by molar-refractivity contribution is 0.290. The zero-order valence-corrected chi connectivity index (χ0v) is 10.1. The molecule has 0 radical (unpaired) electrons. The first kappa shape index (κ1) is 10.4. The number of rotatable bonds is 3. The molecule has 0 atom stereocenters. The molecule has 0 N–H and O–H groups in total. The molecule has 0 aliphatic heterocycles. The molecule has 0 aliphatic rings. The average molecular weight is 312 g/mol. The Morgan fingerprint density at radius 3 is 2.47 bits per heavy atom. The third kappa shape index (κ3) is 3.16. The molecule has 0 bridgehead atoms. The molecule has 0 spiro atoms. The summed E-state index contributed by atoms with van der Waals surface area (Å²) < 4.78 is 6.33. The Morgan fingerprint density at radius 1 is 1.00 bits per heavy atom. The monoisotopic (exact) mass is 312 g/mol. The van der Waals surface area contributed by atoms with Crippen LogP contribution in [-0.2, 0) is 6.61 Å². The number of nitrogens with zero attached hydrogens (tertiary/aromatic N) is 2. The number of benzene rings is 1. The average Bonchev–Trinajstić information content (AvgIpc) is 2.30. The van der Waals surface area contributed by atoms with E-state index in [1.165, 1.54) is 0 Å². The van der Waals surface area contributed by atoms with Crippen LogP contribution in [0.15, 0.2) is 42.5 Å². The number of aromatic nitrogens is 2. The summed E-state index contributed by atoms with van der Waals surface area (Å²) in [5.74, 6) is 0.555. The summed E-state index contributed by atoms with van der Waals surface area (Å²) in [4.78, 5) is 0. The van der Waals surface area contributed by atoms with Crippen molar-refractivity contribution in [2.75, 3.05) is 0 Å². The molecule has 0 amide bonds. The lowest BCUT2D eigenvalue weighted by atomic mass is 10.2. The van der Waals surface area contributed by atoms with Crippen LogP contribution in [0.5, 0.6) is 5.88 Å². The van der Waals surface area contributed by atoms with Crippen LogP contribution < -0.4 is 4.74 Å². The van der Waals surface area contributed by atoms with Crippen LogP contribution in [0.25, 0.3) is 0 Å². The molecular formula is C11H9IN2O. The molecule has 0 saturated heterocycles. The van der Waals surface area contributed by atoms with Gasteiger partial charge in [-0.2, -0.15) is 0 Å². The Balaban J connectivity index is 1.96. The number of ether oxygens (including phenoxy) is 1. The van der Waals surface area contributed by atoms with Crippen molar-refractivity contribution in [3.05, 3.63) is 51.7 Å². The van der Waals surface area contributed by atoms with Crippen molar-refractivity contribution in [2.24, 2.45) is 0 Å². The third-order valence-electron chi connectivity index (χ3n) is 1.84. The summed E-state index contributed by atoms with van der Waals surface area (Å²) in [5, 5.41) is 7.82. The SMILES string of the molecule is Ic1ccc(OCc2ccccc2)nn1. The summed E-state index contributed by atoms with van der Waals surface area (Å²) in [6.07, 6.45) is 0. The Labute approximate surface area is 102 Å². The second-order valence-corrected chi connectivity index (χ2v) is 4.07. The first-order valence-electron chi connectivity index (χ1n) is 4.50. The molecule has 76 valence electrons. The summed E-state index contributed by atoms with van der Waals surface area (Å²) in [6, 6.07) is 13.7. The van der Waals surface area contributed by atoms with E-state index in [0.29, 0.717) is 12.5 Å². The van der Waals surface area contributed by atoms with Gasteiger partial charge in [-0.3, -0.25) is 0 Å². The molecule has 2 aromatic rings. The van der Waals surface area contributed by atoms with Gasteiger partial charge in [0.2, 0.25) is 5.88 Å². The van der Waals surface area contributed by atoms with Crippen LogP contribution in [0.1, 0.15) is 5.56 Å². The minimum Gasteiger partial charge on any atom is -0.472 e. The highest BCUT2D eigenvalue weighted by Crippen LogP contribution is 2.09. The maximum Gasteiger partial charge on any atom is 0.233 e. The minimum atomic E-state index is 0.524. The van der Waals surface area contributed by atoms with Crippen molar-refractivity contribution in [3.8, 4) is 5.88 Å². The van der Waals surface area contributed by atoms with Gasteiger partial charge in [-0.05, 0) is 34.2 Å². The predicted octanol–water partition coefficient (Wildman–Crippen LogP) is 2.66. The van der Waals surface area contributed by atoms with Crippen LogP contribution in [0.4, 0.5) is 0 Å². The van der Waals surface area contributed by atoms with Crippen LogP contribution in [0, 0.1) is 3.70 Å². The van der Waals surface area contributed by atoms with Gasteiger partial charge in [0.15, 0.2) is 0 Å². The summed E-state index contributed by atoms with van der Waals surface area (Å²) in [7, 11) is 0. The highest BCUT2D eigenvalue weighted by molar-refractivity contribution is 14.1. The summed E-state index contributed by atoms with van der Waals surface area (Å²) in [6.45, 7) is 0.524. The second-order valence-electron chi connectivity index (χ2n) is 2.97. The van der Waals surface area contributed by atoms with Crippen molar-refractivity contribution in [3.63, 3.8) is 0 Å². The lowest BCUT2D eigenvalue weighted by Gasteiger charge is -2.03. The number of hydrogen-bond acceptors (Lipinski definition) is 3. The Bertz CT molecular complexity index is 416. The fourth-order valence-electron chi connectivity index (χ4n) is 1.11. The molecule has 3 nitrogen and oxygen atoms in total. The highest BCUT2D eigenvalue weighted by Gasteiger charge is 1.97. The van der Waals surface area contributed by atoms with E-state index in [9.17, 15) is 0 Å². The third-order valence-corrected chi connectivity index (χ3v) is 2.41. The Hall–Kier alpha value is -1.17. The van der Waals surface area contributed by atoms with Gasteiger partial charge in [0.1, 0.15) is 10.3 Å². The molecule has 2 rings (SSSR count). The first-order valence-corrected chi connectivity index (χ1v) is 5.58. The smallest absolute Gasteiger partial charge is 0.233 e. The van der Waals surface area contributed by atoms with E-state index >= 15 is 0 Å².